The van der Waals surface area contributed by atoms with Gasteiger partial charge in [-0.3, -0.25) is 4.84 Å². The summed E-state index contributed by atoms with van der Waals surface area (Å²) >= 11 is 0. The topological polar surface area (TPSA) is 17.4 Å². The number of nitrogens with zero attached hydrogens (tertiary/aromatic N) is 2. The number of aromatic nitrogens is 1. The van der Waals surface area contributed by atoms with E-state index in [1.165, 1.54) is 17.7 Å². The van der Waals surface area contributed by atoms with Crippen molar-refractivity contribution < 1.29 is 4.84 Å². The second kappa shape index (κ2) is 5.32. The molecule has 0 unspecified atom stereocenters. The molecule has 0 N–H and O–H groups in total. The summed E-state index contributed by atoms with van der Waals surface area (Å²) in [6, 6.07) is 15.4. The molecule has 1 aromatic heterocycles. The normalized spacial score (nSPS) is 27.8. The van der Waals surface area contributed by atoms with Crippen LogP contribution in [0.4, 0.5) is 0 Å². The summed E-state index contributed by atoms with van der Waals surface area (Å²) < 4.78 is 2.40. The summed E-state index contributed by atoms with van der Waals surface area (Å²) in [5.41, 5.74) is 2.73. The van der Waals surface area contributed by atoms with E-state index in [4.69, 9.17) is 4.84 Å². The van der Waals surface area contributed by atoms with E-state index in [0.29, 0.717) is 18.1 Å². The molecule has 3 heterocycles. The molecule has 3 atom stereocenters. The van der Waals surface area contributed by atoms with Gasteiger partial charge in [-0.05, 0) is 24.1 Å². The summed E-state index contributed by atoms with van der Waals surface area (Å²) in [4.78, 5) is 6.32. The van der Waals surface area contributed by atoms with Gasteiger partial charge in [-0.25, -0.2) is 0 Å². The third kappa shape index (κ3) is 2.21. The van der Waals surface area contributed by atoms with Gasteiger partial charge in [0.05, 0.1) is 12.1 Å². The van der Waals surface area contributed by atoms with Crippen LogP contribution in [0.3, 0.4) is 0 Å². The molecule has 3 nitrogen and oxygen atoms in total. The maximum Gasteiger partial charge on any atom is 0.0858 e. The molecule has 0 radical (unpaired) electrons. The Bertz CT molecular complexity index is 607. The smallest absolute Gasteiger partial charge is 0.0858 e. The van der Waals surface area contributed by atoms with Gasteiger partial charge in [-0.1, -0.05) is 43.7 Å². The Morgan fingerprint density at radius 2 is 2.00 bits per heavy atom. The Morgan fingerprint density at radius 1 is 1.14 bits per heavy atom. The van der Waals surface area contributed by atoms with Crippen LogP contribution in [0, 0.1) is 5.92 Å². The van der Waals surface area contributed by atoms with Crippen molar-refractivity contribution >= 4 is 0 Å². The summed E-state index contributed by atoms with van der Waals surface area (Å²) in [6.45, 7) is 4.21. The summed E-state index contributed by atoms with van der Waals surface area (Å²) in [7, 11) is 0. The zero-order chi connectivity index (χ0) is 14.2. The average molecular weight is 282 g/mol. The molecule has 1 aromatic carbocycles. The zero-order valence-electron chi connectivity index (χ0n) is 12.5. The highest BCUT2D eigenvalue weighted by Crippen LogP contribution is 2.46. The highest BCUT2D eigenvalue weighted by Gasteiger charge is 2.48. The fourth-order valence-electron chi connectivity index (χ4n) is 3.86. The van der Waals surface area contributed by atoms with Crippen molar-refractivity contribution in [1.29, 1.82) is 0 Å². The van der Waals surface area contributed by atoms with Crippen LogP contribution >= 0.6 is 0 Å². The van der Waals surface area contributed by atoms with E-state index in [1.807, 2.05) is 0 Å². The van der Waals surface area contributed by atoms with E-state index in [0.717, 1.165) is 19.5 Å². The summed E-state index contributed by atoms with van der Waals surface area (Å²) in [5.74, 6) is 0.602. The maximum atomic E-state index is 6.32. The lowest BCUT2D eigenvalue weighted by Crippen LogP contribution is -2.22. The van der Waals surface area contributed by atoms with Crippen LogP contribution in [-0.4, -0.2) is 15.7 Å². The second-order valence-corrected chi connectivity index (χ2v) is 6.19. The van der Waals surface area contributed by atoms with Crippen LogP contribution in [0.25, 0.3) is 0 Å². The predicted molar refractivity (Wildman–Crippen MR) is 82.4 cm³/mol. The minimum atomic E-state index is 0.364. The monoisotopic (exact) mass is 282 g/mol. The highest BCUT2D eigenvalue weighted by molar-refractivity contribution is 5.21. The molecular weight excluding hydrogens is 260 g/mol. The molecule has 2 aliphatic heterocycles. The molecule has 0 amide bonds. The maximum absolute atomic E-state index is 6.32. The van der Waals surface area contributed by atoms with Crippen molar-refractivity contribution in [3.63, 3.8) is 0 Å². The van der Waals surface area contributed by atoms with Gasteiger partial charge in [-0.15, -0.1) is 0 Å². The van der Waals surface area contributed by atoms with E-state index in [9.17, 15) is 0 Å². The van der Waals surface area contributed by atoms with Gasteiger partial charge in [0, 0.05) is 30.9 Å². The van der Waals surface area contributed by atoms with Gasteiger partial charge in [0.25, 0.3) is 0 Å². The number of hydrogen-bond donors (Lipinski definition) is 0. The molecule has 0 saturated carbocycles. The first-order chi connectivity index (χ1) is 10.4. The molecule has 110 valence electrons. The van der Waals surface area contributed by atoms with Crippen LogP contribution in [0.5, 0.6) is 0 Å². The first-order valence-electron chi connectivity index (χ1n) is 7.99. The lowest BCUT2D eigenvalue weighted by Gasteiger charge is -2.22. The van der Waals surface area contributed by atoms with Crippen molar-refractivity contribution in [2.24, 2.45) is 5.92 Å². The quantitative estimate of drug-likeness (QED) is 0.849. The largest absolute Gasteiger partial charge is 0.349 e. The van der Waals surface area contributed by atoms with E-state index < -0.39 is 0 Å². The first-order valence-corrected chi connectivity index (χ1v) is 7.99. The molecule has 4 rings (SSSR count). The van der Waals surface area contributed by atoms with Crippen molar-refractivity contribution in [3.05, 3.63) is 59.9 Å². The number of fused-ring (bicyclic) bond motifs is 3. The van der Waals surface area contributed by atoms with Gasteiger partial charge in [0.1, 0.15) is 0 Å². The van der Waals surface area contributed by atoms with E-state index in [2.05, 4.69) is 65.2 Å². The van der Waals surface area contributed by atoms with Crippen molar-refractivity contribution in [3.8, 4) is 0 Å². The number of benzene rings is 1. The SMILES string of the molecule is CCC[C@@H]1ON(Cc2ccccc2)[C@H]2c3cccn3C[C@@H]12. The number of hydrogen-bond acceptors (Lipinski definition) is 2. The third-order valence-corrected chi connectivity index (χ3v) is 4.79. The van der Waals surface area contributed by atoms with Crippen LogP contribution in [0.2, 0.25) is 0 Å². The van der Waals surface area contributed by atoms with Gasteiger partial charge < -0.3 is 4.57 Å². The van der Waals surface area contributed by atoms with Crippen molar-refractivity contribution in [2.75, 3.05) is 0 Å². The molecule has 0 bridgehead atoms. The molecule has 0 spiro atoms. The average Bonchev–Trinajstić information content (AvgIpc) is 3.14. The molecule has 0 aliphatic carbocycles. The van der Waals surface area contributed by atoms with Crippen molar-refractivity contribution in [1.82, 2.24) is 9.63 Å². The first kappa shape index (κ1) is 13.1. The molecule has 2 aromatic rings. The number of hydroxylamine groups is 2. The van der Waals surface area contributed by atoms with Crippen LogP contribution in [0.1, 0.15) is 37.1 Å². The van der Waals surface area contributed by atoms with E-state index in [1.54, 1.807) is 0 Å². The molecule has 1 saturated heterocycles. The Labute approximate surface area is 126 Å². The third-order valence-electron chi connectivity index (χ3n) is 4.79. The standard InChI is InChI=1S/C18H22N2O/c1-2-7-17-15-13-19-11-6-10-16(19)18(15)20(21-17)12-14-8-4-3-5-9-14/h3-6,8-11,15,17-18H,2,7,12-13H2,1H3/t15-,17-,18+/m0/s1. The number of rotatable bonds is 4. The minimum Gasteiger partial charge on any atom is -0.349 e. The Kier molecular flexibility index (Phi) is 3.32. The molecule has 1 fully saturated rings. The molecule has 21 heavy (non-hydrogen) atoms. The van der Waals surface area contributed by atoms with Crippen LogP contribution in [0.15, 0.2) is 48.7 Å². The fraction of sp³-hybridized carbons (Fsp3) is 0.444. The Hall–Kier alpha value is -1.58. The van der Waals surface area contributed by atoms with Crippen molar-refractivity contribution in [2.45, 2.75) is 45.0 Å². The van der Waals surface area contributed by atoms with Gasteiger partial charge >= 0.3 is 0 Å². The Balaban J connectivity index is 1.61. The van der Waals surface area contributed by atoms with Gasteiger partial charge in [0.2, 0.25) is 0 Å². The lowest BCUT2D eigenvalue weighted by molar-refractivity contribution is -0.174. The Morgan fingerprint density at radius 3 is 2.81 bits per heavy atom. The fourth-order valence-corrected chi connectivity index (χ4v) is 3.86. The highest BCUT2D eigenvalue weighted by atomic mass is 16.7. The van der Waals surface area contributed by atoms with Crippen LogP contribution in [-0.2, 0) is 17.9 Å². The lowest BCUT2D eigenvalue weighted by atomic mass is 9.93. The van der Waals surface area contributed by atoms with Gasteiger partial charge in [0.15, 0.2) is 0 Å². The zero-order valence-corrected chi connectivity index (χ0v) is 12.5. The van der Waals surface area contributed by atoms with Crippen LogP contribution < -0.4 is 0 Å². The van der Waals surface area contributed by atoms with E-state index >= 15 is 0 Å². The van der Waals surface area contributed by atoms with Gasteiger partial charge in [-0.2, -0.15) is 5.06 Å². The summed E-state index contributed by atoms with van der Waals surface area (Å²) in [6.07, 6.45) is 4.90. The molecule has 2 aliphatic rings. The molecule has 3 heteroatoms. The second-order valence-electron chi connectivity index (χ2n) is 6.19. The predicted octanol–water partition coefficient (Wildman–Crippen LogP) is 3.78. The van der Waals surface area contributed by atoms with E-state index in [-0.39, 0.29) is 0 Å². The molecular formula is C18H22N2O. The minimum absolute atomic E-state index is 0.364. The summed E-state index contributed by atoms with van der Waals surface area (Å²) in [5, 5.41) is 2.22.